The van der Waals surface area contributed by atoms with E-state index in [4.69, 9.17) is 5.73 Å². The number of guanidine groups is 1. The first-order valence-electron chi connectivity index (χ1n) is 9.67. The van der Waals surface area contributed by atoms with E-state index in [-0.39, 0.29) is 24.0 Å². The minimum Gasteiger partial charge on any atom is -0.370 e. The maximum Gasteiger partial charge on any atom is 0.243 e. The van der Waals surface area contributed by atoms with E-state index in [0.717, 1.165) is 37.8 Å². The molecule has 27 heavy (non-hydrogen) atoms. The molecule has 1 aromatic carbocycles. The number of nitrogens with one attached hydrogen (secondary N) is 1. The van der Waals surface area contributed by atoms with Crippen LogP contribution in [0.2, 0.25) is 0 Å². The van der Waals surface area contributed by atoms with Crippen LogP contribution in [0, 0.1) is 0 Å². The molecule has 0 bridgehead atoms. The fourth-order valence-corrected chi connectivity index (χ4v) is 4.54. The van der Waals surface area contributed by atoms with E-state index in [9.17, 15) is 8.42 Å². The van der Waals surface area contributed by atoms with Gasteiger partial charge in [0, 0.05) is 19.6 Å². The van der Waals surface area contributed by atoms with Crippen LogP contribution in [0.15, 0.2) is 34.2 Å². The average Bonchev–Trinajstić information content (AvgIpc) is 2.67. The smallest absolute Gasteiger partial charge is 0.243 e. The molecular formula is C19H33IN4O2S. The van der Waals surface area contributed by atoms with Gasteiger partial charge in [0.2, 0.25) is 10.0 Å². The van der Waals surface area contributed by atoms with E-state index in [1.807, 2.05) is 12.1 Å². The summed E-state index contributed by atoms with van der Waals surface area (Å²) in [4.78, 5) is 4.67. The fourth-order valence-electron chi connectivity index (χ4n) is 3.02. The lowest BCUT2D eigenvalue weighted by atomic mass is 10.2. The third-order valence-electron chi connectivity index (χ3n) is 4.64. The lowest BCUT2D eigenvalue weighted by Gasteiger charge is -2.25. The van der Waals surface area contributed by atoms with Gasteiger partial charge in [-0.3, -0.25) is 0 Å². The third-order valence-corrected chi connectivity index (χ3v) is 6.56. The van der Waals surface area contributed by atoms with Crippen LogP contribution in [0.3, 0.4) is 0 Å². The fraction of sp³-hybridized carbons (Fsp3) is 0.632. The summed E-state index contributed by atoms with van der Waals surface area (Å²) in [5.74, 6) is 0.437. The summed E-state index contributed by atoms with van der Waals surface area (Å²) in [5, 5.41) is 3.12. The van der Waals surface area contributed by atoms with Crippen molar-refractivity contribution in [3.8, 4) is 0 Å². The van der Waals surface area contributed by atoms with E-state index in [1.165, 1.54) is 19.3 Å². The average molecular weight is 508 g/mol. The molecule has 0 aliphatic carbocycles. The van der Waals surface area contributed by atoms with Crippen molar-refractivity contribution >= 4 is 40.0 Å². The zero-order valence-corrected chi connectivity index (χ0v) is 19.3. The van der Waals surface area contributed by atoms with Gasteiger partial charge in [0.25, 0.3) is 0 Å². The Hall–Kier alpha value is -0.870. The number of hydrogen-bond donors (Lipinski definition) is 2. The molecule has 0 radical (unpaired) electrons. The highest BCUT2D eigenvalue weighted by Gasteiger charge is 2.25. The molecule has 1 heterocycles. The first-order valence-corrected chi connectivity index (χ1v) is 11.1. The molecule has 1 fully saturated rings. The van der Waals surface area contributed by atoms with Gasteiger partial charge < -0.3 is 11.1 Å². The third kappa shape index (κ3) is 7.95. The van der Waals surface area contributed by atoms with Crippen molar-refractivity contribution in [2.45, 2.75) is 63.3 Å². The highest BCUT2D eigenvalue weighted by Crippen LogP contribution is 2.21. The van der Waals surface area contributed by atoms with Gasteiger partial charge in [-0.1, -0.05) is 44.7 Å². The number of benzene rings is 1. The summed E-state index contributed by atoms with van der Waals surface area (Å²) in [6.07, 6.45) is 7.74. The van der Waals surface area contributed by atoms with Crippen LogP contribution in [0.4, 0.5) is 0 Å². The highest BCUT2D eigenvalue weighted by molar-refractivity contribution is 14.0. The molecule has 0 saturated carbocycles. The van der Waals surface area contributed by atoms with Crippen molar-refractivity contribution in [1.29, 1.82) is 0 Å². The molecule has 1 aliphatic rings. The molecule has 2 rings (SSSR count). The van der Waals surface area contributed by atoms with Gasteiger partial charge in [0.15, 0.2) is 5.96 Å². The van der Waals surface area contributed by atoms with Crippen molar-refractivity contribution in [3.05, 3.63) is 29.8 Å². The first kappa shape index (κ1) is 24.2. The Labute approximate surface area is 181 Å². The van der Waals surface area contributed by atoms with Crippen LogP contribution in [-0.2, 0) is 16.6 Å². The monoisotopic (exact) mass is 508 g/mol. The van der Waals surface area contributed by atoms with E-state index in [2.05, 4.69) is 17.2 Å². The highest BCUT2D eigenvalue weighted by atomic mass is 127. The van der Waals surface area contributed by atoms with Gasteiger partial charge in [-0.05, 0) is 37.0 Å². The van der Waals surface area contributed by atoms with Crippen molar-refractivity contribution in [2.24, 2.45) is 10.7 Å². The number of hydrogen-bond acceptors (Lipinski definition) is 3. The Morgan fingerprint density at radius 3 is 2.41 bits per heavy atom. The SMILES string of the molecule is CCCCCCNC(N)=NCc1ccc(S(=O)(=O)N2CCCCC2)cc1.I. The molecule has 0 aromatic heterocycles. The molecule has 1 aromatic rings. The van der Waals surface area contributed by atoms with Gasteiger partial charge in [0.05, 0.1) is 11.4 Å². The number of sulfonamides is 1. The van der Waals surface area contributed by atoms with Crippen LogP contribution in [-0.4, -0.2) is 38.3 Å². The number of rotatable bonds is 9. The summed E-state index contributed by atoms with van der Waals surface area (Å²) >= 11 is 0. The maximum atomic E-state index is 12.6. The summed E-state index contributed by atoms with van der Waals surface area (Å²) in [6, 6.07) is 6.97. The van der Waals surface area contributed by atoms with E-state index >= 15 is 0 Å². The Morgan fingerprint density at radius 2 is 1.78 bits per heavy atom. The van der Waals surface area contributed by atoms with Crippen molar-refractivity contribution < 1.29 is 8.42 Å². The van der Waals surface area contributed by atoms with Gasteiger partial charge >= 0.3 is 0 Å². The molecule has 0 atom stereocenters. The molecule has 3 N–H and O–H groups in total. The minimum atomic E-state index is -3.37. The molecule has 154 valence electrons. The molecule has 0 amide bonds. The summed E-state index contributed by atoms with van der Waals surface area (Å²) in [7, 11) is -3.37. The lowest BCUT2D eigenvalue weighted by molar-refractivity contribution is 0.346. The second-order valence-electron chi connectivity index (χ2n) is 6.80. The summed E-state index contributed by atoms with van der Waals surface area (Å²) in [6.45, 7) is 4.70. The predicted molar refractivity (Wildman–Crippen MR) is 122 cm³/mol. The Kier molecular flexibility index (Phi) is 11.2. The topological polar surface area (TPSA) is 87.8 Å². The molecule has 8 heteroatoms. The molecule has 1 saturated heterocycles. The second kappa shape index (κ2) is 12.6. The number of piperidine rings is 1. The van der Waals surface area contributed by atoms with Crippen LogP contribution < -0.4 is 11.1 Å². The van der Waals surface area contributed by atoms with Crippen molar-refractivity contribution in [2.75, 3.05) is 19.6 Å². The number of aliphatic imine (C=N–C) groups is 1. The van der Waals surface area contributed by atoms with E-state index in [0.29, 0.717) is 30.5 Å². The van der Waals surface area contributed by atoms with Gasteiger partial charge in [0.1, 0.15) is 0 Å². The first-order chi connectivity index (χ1) is 12.5. The van der Waals surface area contributed by atoms with Crippen LogP contribution in [0.5, 0.6) is 0 Å². The van der Waals surface area contributed by atoms with Crippen LogP contribution in [0.25, 0.3) is 0 Å². The number of unbranched alkanes of at least 4 members (excludes halogenated alkanes) is 3. The molecule has 0 unspecified atom stereocenters. The van der Waals surface area contributed by atoms with Gasteiger partial charge in [-0.25, -0.2) is 13.4 Å². The zero-order chi connectivity index (χ0) is 18.8. The largest absolute Gasteiger partial charge is 0.370 e. The quantitative estimate of drug-likeness (QED) is 0.232. The van der Waals surface area contributed by atoms with Crippen molar-refractivity contribution in [3.63, 3.8) is 0 Å². The van der Waals surface area contributed by atoms with Crippen LogP contribution >= 0.6 is 24.0 Å². The summed E-state index contributed by atoms with van der Waals surface area (Å²) in [5.41, 5.74) is 6.81. The Bertz CT molecular complexity index is 671. The number of halogens is 1. The standard InChI is InChI=1S/C19H32N4O2S.HI/c1-2-3-4-6-13-21-19(20)22-16-17-9-11-18(12-10-17)26(24,25)23-14-7-5-8-15-23;/h9-12H,2-8,13-16H2,1H3,(H3,20,21,22);1H. The molecule has 6 nitrogen and oxygen atoms in total. The van der Waals surface area contributed by atoms with Gasteiger partial charge in [-0.15, -0.1) is 24.0 Å². The normalized spacial score (nSPS) is 16.0. The van der Waals surface area contributed by atoms with Crippen molar-refractivity contribution in [1.82, 2.24) is 9.62 Å². The lowest BCUT2D eigenvalue weighted by Crippen LogP contribution is -2.35. The molecule has 1 aliphatic heterocycles. The Balaban J connectivity index is 0.00000364. The van der Waals surface area contributed by atoms with Crippen LogP contribution in [0.1, 0.15) is 57.4 Å². The van der Waals surface area contributed by atoms with E-state index < -0.39 is 10.0 Å². The molecular weight excluding hydrogens is 475 g/mol. The minimum absolute atomic E-state index is 0. The predicted octanol–water partition coefficient (Wildman–Crippen LogP) is 3.46. The number of nitrogens with two attached hydrogens (primary N) is 1. The second-order valence-corrected chi connectivity index (χ2v) is 8.74. The molecule has 0 spiro atoms. The zero-order valence-electron chi connectivity index (χ0n) is 16.2. The van der Waals surface area contributed by atoms with Gasteiger partial charge in [-0.2, -0.15) is 4.31 Å². The van der Waals surface area contributed by atoms with E-state index in [1.54, 1.807) is 16.4 Å². The Morgan fingerprint density at radius 1 is 1.11 bits per heavy atom. The summed E-state index contributed by atoms with van der Waals surface area (Å²) < 4.78 is 26.8. The maximum absolute atomic E-state index is 12.6. The number of nitrogens with zero attached hydrogens (tertiary/aromatic N) is 2.